The molecule has 0 fully saturated rings. The lowest BCUT2D eigenvalue weighted by molar-refractivity contribution is -0.138. The van der Waals surface area contributed by atoms with Gasteiger partial charge in [-0.1, -0.05) is 56.3 Å². The van der Waals surface area contributed by atoms with Crippen LogP contribution in [0.25, 0.3) is 28.5 Å². The summed E-state index contributed by atoms with van der Waals surface area (Å²) in [5.41, 5.74) is 4.31. The molecule has 0 aliphatic rings. The molecule has 0 aliphatic carbocycles. The first-order valence-corrected chi connectivity index (χ1v) is 12.7. The highest BCUT2D eigenvalue weighted by molar-refractivity contribution is 7.61. The van der Waals surface area contributed by atoms with Crippen LogP contribution in [0.2, 0.25) is 0 Å². The van der Waals surface area contributed by atoms with E-state index in [1.165, 1.54) is 18.2 Å². The molecule has 2 aromatic carbocycles. The van der Waals surface area contributed by atoms with Gasteiger partial charge in [0.1, 0.15) is 5.82 Å². The molecule has 3 aromatic rings. The summed E-state index contributed by atoms with van der Waals surface area (Å²) in [5.74, 6) is -0.568. The predicted molar refractivity (Wildman–Crippen MR) is 131 cm³/mol. The van der Waals surface area contributed by atoms with E-state index in [4.69, 9.17) is 10.1 Å². The number of hydrogen-bond donors (Lipinski definition) is 3. The lowest BCUT2D eigenvalue weighted by Crippen LogP contribution is -2.17. The first-order chi connectivity index (χ1) is 16.1. The molecule has 2 atom stereocenters. The lowest BCUT2D eigenvalue weighted by atomic mass is 9.92. The Labute approximate surface area is 197 Å². The quantitative estimate of drug-likeness (QED) is 0.334. The van der Waals surface area contributed by atoms with E-state index < -0.39 is 32.0 Å². The van der Waals surface area contributed by atoms with E-state index in [9.17, 15) is 23.7 Å². The lowest BCUT2D eigenvalue weighted by Gasteiger charge is -2.18. The average molecular weight is 483 g/mol. The van der Waals surface area contributed by atoms with Crippen LogP contribution in [0, 0.1) is 5.82 Å². The van der Waals surface area contributed by atoms with Crippen molar-refractivity contribution in [1.82, 2.24) is 4.98 Å². The normalized spacial score (nSPS) is 14.3. The summed E-state index contributed by atoms with van der Waals surface area (Å²) in [6.45, 7) is 3.91. The summed E-state index contributed by atoms with van der Waals surface area (Å²) in [7, 11) is -3.99. The van der Waals surface area contributed by atoms with Gasteiger partial charge in [-0.15, -0.1) is 0 Å². The maximum absolute atomic E-state index is 13.6. The van der Waals surface area contributed by atoms with Gasteiger partial charge in [-0.25, -0.2) is 4.39 Å². The molecule has 1 aromatic heterocycles. The molecule has 6 nitrogen and oxygen atoms in total. The van der Waals surface area contributed by atoms with Gasteiger partial charge in [0.15, 0.2) is 0 Å². The van der Waals surface area contributed by atoms with Crippen molar-refractivity contribution in [3.8, 4) is 22.4 Å². The number of aliphatic carboxylic acids is 1. The molecule has 0 aliphatic heterocycles. The molecule has 1 heterocycles. The first kappa shape index (κ1) is 25.5. The SMILES string of the molecule is CC(C)c1nc(-c2ccccc2)cc(-c2ccc(F)cc2)c1C=CP(=O)(O)CC(O)CC(=O)O. The molecule has 0 bridgehead atoms. The Morgan fingerprint density at radius 2 is 1.74 bits per heavy atom. The Morgan fingerprint density at radius 3 is 2.32 bits per heavy atom. The van der Waals surface area contributed by atoms with Crippen molar-refractivity contribution in [3.63, 3.8) is 0 Å². The van der Waals surface area contributed by atoms with Gasteiger partial charge in [0.25, 0.3) is 0 Å². The largest absolute Gasteiger partial charge is 0.481 e. The maximum atomic E-state index is 13.6. The molecule has 34 heavy (non-hydrogen) atoms. The van der Waals surface area contributed by atoms with E-state index in [1.54, 1.807) is 12.1 Å². The summed E-state index contributed by atoms with van der Waals surface area (Å²) in [5, 5.41) is 18.6. The van der Waals surface area contributed by atoms with Crippen molar-refractivity contribution in [2.75, 3.05) is 6.16 Å². The average Bonchev–Trinajstić information content (AvgIpc) is 2.77. The fraction of sp³-hybridized carbons (Fsp3) is 0.231. The van der Waals surface area contributed by atoms with Crippen LogP contribution < -0.4 is 0 Å². The molecule has 8 heteroatoms. The molecule has 3 rings (SSSR count). The minimum atomic E-state index is -3.99. The van der Waals surface area contributed by atoms with Crippen molar-refractivity contribution in [3.05, 3.63) is 83.6 Å². The molecule has 178 valence electrons. The number of halogens is 1. The number of nitrogens with zero attached hydrogens (tertiary/aromatic N) is 1. The molecule has 0 saturated heterocycles. The van der Waals surface area contributed by atoms with Crippen molar-refractivity contribution >= 4 is 19.4 Å². The van der Waals surface area contributed by atoms with Gasteiger partial charge in [-0.05, 0) is 41.3 Å². The predicted octanol–water partition coefficient (Wildman–Crippen LogP) is 5.75. The summed E-state index contributed by atoms with van der Waals surface area (Å²) in [4.78, 5) is 26.0. The monoisotopic (exact) mass is 483 g/mol. The third kappa shape index (κ3) is 6.70. The number of carboxylic acid groups (broad SMARTS) is 1. The zero-order valence-electron chi connectivity index (χ0n) is 18.9. The van der Waals surface area contributed by atoms with Crippen LogP contribution in [0.15, 0.2) is 66.5 Å². The van der Waals surface area contributed by atoms with Gasteiger partial charge in [0.2, 0.25) is 7.37 Å². The van der Waals surface area contributed by atoms with E-state index >= 15 is 0 Å². The van der Waals surface area contributed by atoms with Crippen molar-refractivity contribution in [2.24, 2.45) is 0 Å². The second-order valence-electron chi connectivity index (χ2n) is 8.39. The van der Waals surface area contributed by atoms with Gasteiger partial charge >= 0.3 is 5.97 Å². The summed E-state index contributed by atoms with van der Waals surface area (Å²) in [6.07, 6.45) is -1.15. The number of carboxylic acids is 1. The summed E-state index contributed by atoms with van der Waals surface area (Å²) >= 11 is 0. The Morgan fingerprint density at radius 1 is 1.09 bits per heavy atom. The van der Waals surface area contributed by atoms with Crippen LogP contribution in [0.5, 0.6) is 0 Å². The van der Waals surface area contributed by atoms with Crippen LogP contribution in [-0.2, 0) is 9.36 Å². The number of hydrogen-bond acceptors (Lipinski definition) is 4. The minimum absolute atomic E-state index is 0.0433. The zero-order valence-corrected chi connectivity index (χ0v) is 19.8. The van der Waals surface area contributed by atoms with Gasteiger partial charge in [0, 0.05) is 16.9 Å². The molecule has 0 radical (unpaired) electrons. The van der Waals surface area contributed by atoms with Crippen LogP contribution in [-0.4, -0.2) is 38.3 Å². The van der Waals surface area contributed by atoms with Crippen LogP contribution in [0.1, 0.15) is 37.4 Å². The molecule has 0 amide bonds. The van der Waals surface area contributed by atoms with Crippen molar-refractivity contribution in [1.29, 1.82) is 0 Å². The molecule has 0 saturated carbocycles. The third-order valence-electron chi connectivity index (χ3n) is 5.22. The summed E-state index contributed by atoms with van der Waals surface area (Å²) < 4.78 is 26.3. The maximum Gasteiger partial charge on any atom is 0.305 e. The molecule has 3 N–H and O–H groups in total. The smallest absolute Gasteiger partial charge is 0.305 e. The minimum Gasteiger partial charge on any atom is -0.481 e. The molecule has 2 unspecified atom stereocenters. The molecular formula is C26H27FNO5P. The van der Waals surface area contributed by atoms with Gasteiger partial charge in [-0.3, -0.25) is 14.3 Å². The number of aliphatic hydroxyl groups excluding tert-OH is 1. The Bertz CT molecular complexity index is 1230. The highest BCUT2D eigenvalue weighted by Gasteiger charge is 2.23. The summed E-state index contributed by atoms with van der Waals surface area (Å²) in [6, 6.07) is 17.4. The first-order valence-electron chi connectivity index (χ1n) is 10.8. The van der Waals surface area contributed by atoms with Crippen molar-refractivity contribution < 1.29 is 28.9 Å². The second kappa shape index (κ2) is 10.9. The fourth-order valence-electron chi connectivity index (χ4n) is 3.63. The highest BCUT2D eigenvalue weighted by Crippen LogP contribution is 2.45. The third-order valence-corrected chi connectivity index (χ3v) is 6.78. The number of carbonyl (C=O) groups is 1. The van der Waals surface area contributed by atoms with Crippen LogP contribution >= 0.6 is 7.37 Å². The fourth-order valence-corrected chi connectivity index (χ4v) is 4.87. The second-order valence-corrected chi connectivity index (χ2v) is 10.6. The number of aromatic nitrogens is 1. The van der Waals surface area contributed by atoms with E-state index in [-0.39, 0.29) is 11.7 Å². The Hall–Kier alpha value is -3.12. The number of rotatable bonds is 9. The van der Waals surface area contributed by atoms with Crippen LogP contribution in [0.4, 0.5) is 4.39 Å². The number of benzene rings is 2. The molecule has 0 spiro atoms. The highest BCUT2D eigenvalue weighted by atomic mass is 31.2. The van der Waals surface area contributed by atoms with Gasteiger partial charge in [0.05, 0.1) is 30.1 Å². The number of pyridine rings is 1. The van der Waals surface area contributed by atoms with Gasteiger partial charge in [-0.2, -0.15) is 0 Å². The number of aliphatic hydroxyl groups is 1. The zero-order chi connectivity index (χ0) is 24.9. The Balaban J connectivity index is 2.14. The topological polar surface area (TPSA) is 108 Å². The van der Waals surface area contributed by atoms with E-state index in [0.717, 1.165) is 11.4 Å². The van der Waals surface area contributed by atoms with E-state index in [2.05, 4.69) is 0 Å². The molecular weight excluding hydrogens is 456 g/mol. The standard InChI is InChI=1S/C26H27FNO5P/c1-17(2)26-22(12-13-34(32,33)16-21(29)14-25(30)31)23(18-8-10-20(27)11-9-18)15-24(28-26)19-6-4-3-5-7-19/h3-13,15,17,21,29H,14,16H2,1-2H3,(H,30,31)(H,32,33). The van der Waals surface area contributed by atoms with Gasteiger partial charge < -0.3 is 15.1 Å². The van der Waals surface area contributed by atoms with Crippen LogP contribution in [0.3, 0.4) is 0 Å². The Kier molecular flexibility index (Phi) is 8.15. The van der Waals surface area contributed by atoms with E-state index in [1.807, 2.05) is 50.2 Å². The van der Waals surface area contributed by atoms with E-state index in [0.29, 0.717) is 28.1 Å². The van der Waals surface area contributed by atoms with Crippen molar-refractivity contribution in [2.45, 2.75) is 32.3 Å².